The first-order valence-corrected chi connectivity index (χ1v) is 11.5. The van der Waals surface area contributed by atoms with Crippen molar-refractivity contribution in [1.82, 2.24) is 10.3 Å². The van der Waals surface area contributed by atoms with E-state index in [1.165, 1.54) is 6.07 Å². The van der Waals surface area contributed by atoms with Crippen molar-refractivity contribution in [3.8, 4) is 0 Å². The van der Waals surface area contributed by atoms with Gasteiger partial charge in [-0.05, 0) is 43.2 Å². The third-order valence-corrected chi connectivity index (χ3v) is 6.11. The van der Waals surface area contributed by atoms with Crippen molar-refractivity contribution >= 4 is 39.6 Å². The molecule has 1 aromatic carbocycles. The summed E-state index contributed by atoms with van der Waals surface area (Å²) in [5, 5.41) is 9.67. The van der Waals surface area contributed by atoms with Crippen LogP contribution in [0.1, 0.15) is 25.3 Å². The highest BCUT2D eigenvalue weighted by Crippen LogP contribution is 2.31. The van der Waals surface area contributed by atoms with Gasteiger partial charge in [0.25, 0.3) is 15.6 Å². The molecular weight excluding hydrogens is 493 g/mol. The van der Waals surface area contributed by atoms with Crippen molar-refractivity contribution < 1.29 is 31.2 Å². The summed E-state index contributed by atoms with van der Waals surface area (Å²) in [4.78, 5) is 39.3. The van der Waals surface area contributed by atoms with Gasteiger partial charge in [-0.3, -0.25) is 19.7 Å². The van der Waals surface area contributed by atoms with Gasteiger partial charge in [0.1, 0.15) is 12.0 Å². The van der Waals surface area contributed by atoms with Crippen LogP contribution in [-0.4, -0.2) is 44.1 Å². The zero-order valence-corrected chi connectivity index (χ0v) is 19.2. The second-order valence-corrected chi connectivity index (χ2v) is 8.95. The summed E-state index contributed by atoms with van der Waals surface area (Å²) in [6, 6.07) is 2.70. The number of benzene rings is 1. The van der Waals surface area contributed by atoms with Crippen molar-refractivity contribution in [1.29, 1.82) is 5.41 Å². The van der Waals surface area contributed by atoms with Gasteiger partial charge >= 0.3 is 6.18 Å². The number of aromatic nitrogens is 1. The number of hydrogen-bond acceptors (Lipinski definition) is 6. The maximum Gasteiger partial charge on any atom is 0.416 e. The lowest BCUT2D eigenvalue weighted by atomic mass is 10.1. The highest BCUT2D eigenvalue weighted by atomic mass is 32.2. The number of halogens is 3. The van der Waals surface area contributed by atoms with E-state index in [-0.39, 0.29) is 24.6 Å². The summed E-state index contributed by atoms with van der Waals surface area (Å²) in [7, 11) is -4.55. The molecule has 1 heterocycles. The van der Waals surface area contributed by atoms with Crippen LogP contribution in [0.5, 0.6) is 0 Å². The molecule has 0 aliphatic carbocycles. The van der Waals surface area contributed by atoms with Crippen molar-refractivity contribution in [3.05, 3.63) is 52.4 Å². The minimum atomic E-state index is -4.68. The number of carbonyl (C=O) groups is 2. The van der Waals surface area contributed by atoms with Crippen LogP contribution in [-0.2, 0) is 25.8 Å². The van der Waals surface area contributed by atoms with Crippen molar-refractivity contribution in [2.45, 2.75) is 36.9 Å². The standard InChI is InChI=1S/C20H23F3N6O5S/c1-12(31)29(14(11-30)3-2-9-27-19(24)25)16-8-10-26-18(32)17(16)28-35(33,34)15-6-4-13(5-7-15)20(21,22)23/h4-8,10-11,14,28H,2-3,9H2,1H3,(H,26,32)(H4,24,25,27)/t14-/m0/s1. The van der Waals surface area contributed by atoms with Crippen LogP contribution in [0.3, 0.4) is 0 Å². The Morgan fingerprint density at radius 3 is 2.40 bits per heavy atom. The first kappa shape index (κ1) is 27.4. The fraction of sp³-hybridized carbons (Fsp3) is 0.300. The monoisotopic (exact) mass is 516 g/mol. The minimum Gasteiger partial charge on any atom is -0.370 e. The average molecular weight is 517 g/mol. The van der Waals surface area contributed by atoms with Gasteiger partial charge in [0.05, 0.1) is 22.2 Å². The van der Waals surface area contributed by atoms with E-state index in [0.29, 0.717) is 24.8 Å². The Morgan fingerprint density at radius 1 is 1.26 bits per heavy atom. The van der Waals surface area contributed by atoms with Crippen LogP contribution >= 0.6 is 0 Å². The van der Waals surface area contributed by atoms with Gasteiger partial charge in [-0.2, -0.15) is 13.2 Å². The number of anilines is 2. The number of sulfonamides is 1. The Morgan fingerprint density at radius 2 is 1.89 bits per heavy atom. The summed E-state index contributed by atoms with van der Waals surface area (Å²) < 4.78 is 66.0. The molecule has 15 heteroatoms. The number of hydrogen-bond donors (Lipinski definition) is 5. The van der Waals surface area contributed by atoms with E-state index in [1.54, 1.807) is 0 Å². The number of nitrogens with one attached hydrogen (secondary N) is 4. The fourth-order valence-corrected chi connectivity index (χ4v) is 4.24. The second kappa shape index (κ2) is 11.0. The van der Waals surface area contributed by atoms with Gasteiger partial charge in [0.15, 0.2) is 5.96 Å². The molecular formula is C20H23F3N6O5S. The van der Waals surface area contributed by atoms with Crippen LogP contribution in [0.4, 0.5) is 24.5 Å². The first-order valence-electron chi connectivity index (χ1n) is 10.0. The third-order valence-electron chi connectivity index (χ3n) is 4.75. The average Bonchev–Trinajstić information content (AvgIpc) is 2.76. The molecule has 1 atom stereocenters. The van der Waals surface area contributed by atoms with E-state index in [0.717, 1.165) is 30.2 Å². The molecule has 6 N–H and O–H groups in total. The van der Waals surface area contributed by atoms with E-state index >= 15 is 0 Å². The third kappa shape index (κ3) is 7.05. The minimum absolute atomic E-state index is 0.0846. The van der Waals surface area contributed by atoms with Crippen LogP contribution < -0.4 is 26.2 Å². The maximum atomic E-state index is 12.8. The second-order valence-electron chi connectivity index (χ2n) is 7.27. The number of carbonyl (C=O) groups excluding carboxylic acids is 2. The zero-order chi connectivity index (χ0) is 26.4. The molecule has 0 spiro atoms. The number of aldehydes is 1. The molecule has 0 aliphatic rings. The Labute approximate surface area is 198 Å². The van der Waals surface area contributed by atoms with Gasteiger partial charge in [-0.25, -0.2) is 8.42 Å². The topological polar surface area (TPSA) is 178 Å². The summed E-state index contributed by atoms with van der Waals surface area (Å²) in [6.07, 6.45) is -2.71. The zero-order valence-electron chi connectivity index (χ0n) is 18.3. The van der Waals surface area contributed by atoms with Crippen molar-refractivity contribution in [2.75, 3.05) is 16.2 Å². The number of aromatic amines is 1. The number of rotatable bonds is 10. The molecule has 35 heavy (non-hydrogen) atoms. The summed E-state index contributed by atoms with van der Waals surface area (Å²) in [5.74, 6) is -0.965. The molecule has 0 saturated heterocycles. The molecule has 1 aromatic heterocycles. The van der Waals surface area contributed by atoms with Gasteiger partial charge in [-0.1, -0.05) is 0 Å². The maximum absolute atomic E-state index is 12.8. The first-order chi connectivity index (χ1) is 16.3. The normalized spacial score (nSPS) is 12.5. The number of guanidine groups is 1. The fourth-order valence-electron chi connectivity index (χ4n) is 3.16. The Bertz CT molecular complexity index is 1250. The number of nitrogens with two attached hydrogens (primary N) is 1. The van der Waals surface area contributed by atoms with Crippen LogP contribution in [0.25, 0.3) is 0 Å². The largest absolute Gasteiger partial charge is 0.416 e. The number of alkyl halides is 3. The lowest BCUT2D eigenvalue weighted by Gasteiger charge is -2.29. The molecule has 2 rings (SSSR count). The highest BCUT2D eigenvalue weighted by Gasteiger charge is 2.31. The summed E-state index contributed by atoms with van der Waals surface area (Å²) in [5.41, 5.74) is 2.35. The molecule has 0 bridgehead atoms. The van der Waals surface area contributed by atoms with Gasteiger partial charge < -0.3 is 25.7 Å². The van der Waals surface area contributed by atoms with Crippen molar-refractivity contribution in [3.63, 3.8) is 0 Å². The van der Waals surface area contributed by atoms with Crippen molar-refractivity contribution in [2.24, 2.45) is 5.73 Å². The number of H-pyrrole nitrogens is 1. The van der Waals surface area contributed by atoms with Gasteiger partial charge in [0.2, 0.25) is 5.91 Å². The number of pyridine rings is 1. The predicted octanol–water partition coefficient (Wildman–Crippen LogP) is 1.38. The van der Waals surface area contributed by atoms with E-state index in [9.17, 15) is 36.0 Å². The van der Waals surface area contributed by atoms with Crippen LogP contribution in [0.15, 0.2) is 46.2 Å². The van der Waals surface area contributed by atoms with E-state index < -0.39 is 49.9 Å². The molecule has 2 aromatic rings. The quantitative estimate of drug-likeness (QED) is 0.137. The molecule has 0 radical (unpaired) electrons. The predicted molar refractivity (Wildman–Crippen MR) is 121 cm³/mol. The van der Waals surface area contributed by atoms with Crippen LogP contribution in [0, 0.1) is 5.41 Å². The lowest BCUT2D eigenvalue weighted by molar-refractivity contribution is -0.137. The smallest absolute Gasteiger partial charge is 0.370 e. The van der Waals surface area contributed by atoms with Gasteiger partial charge in [0, 0.05) is 19.7 Å². The lowest BCUT2D eigenvalue weighted by Crippen LogP contribution is -2.42. The summed E-state index contributed by atoms with van der Waals surface area (Å²) in [6.45, 7) is 1.33. The van der Waals surface area contributed by atoms with Gasteiger partial charge in [-0.15, -0.1) is 0 Å². The Hall–Kier alpha value is -3.88. The molecule has 0 fully saturated rings. The Balaban J connectivity index is 2.43. The molecule has 0 unspecified atom stereocenters. The SMILES string of the molecule is CC(=O)N(c1cc[nH]c(=O)c1NS(=O)(=O)c1ccc(C(F)(F)F)cc1)[C@H](C=O)CCCNC(=N)N. The van der Waals surface area contributed by atoms with E-state index in [4.69, 9.17) is 11.1 Å². The molecule has 11 nitrogen and oxygen atoms in total. The van der Waals surface area contributed by atoms with E-state index in [2.05, 4.69) is 10.3 Å². The number of nitrogens with zero attached hydrogens (tertiary/aromatic N) is 1. The van der Waals surface area contributed by atoms with E-state index in [1.807, 2.05) is 4.72 Å². The van der Waals surface area contributed by atoms with Crippen LogP contribution in [0.2, 0.25) is 0 Å². The molecule has 190 valence electrons. The summed E-state index contributed by atoms with van der Waals surface area (Å²) >= 11 is 0. The highest BCUT2D eigenvalue weighted by molar-refractivity contribution is 7.92. The molecule has 0 saturated carbocycles. The molecule has 1 amide bonds. The Kier molecular flexibility index (Phi) is 8.62. The number of amides is 1. The molecule has 0 aliphatic heterocycles.